The number of likely N-dealkylation sites (tertiary alicyclic amines) is 2. The van der Waals surface area contributed by atoms with Crippen molar-refractivity contribution in [3.63, 3.8) is 0 Å². The van der Waals surface area contributed by atoms with Gasteiger partial charge < -0.3 is 10.0 Å². The van der Waals surface area contributed by atoms with E-state index in [1.807, 2.05) is 18.2 Å². The highest BCUT2D eigenvalue weighted by molar-refractivity contribution is 5.95. The minimum absolute atomic E-state index is 0.0914. The van der Waals surface area contributed by atoms with Crippen LogP contribution in [0.3, 0.4) is 0 Å². The van der Waals surface area contributed by atoms with Crippen molar-refractivity contribution in [2.24, 2.45) is 5.92 Å². The smallest absolute Gasteiger partial charge is 0.256 e. The Morgan fingerprint density at radius 3 is 2.39 bits per heavy atom. The molecule has 1 amide bonds. The van der Waals surface area contributed by atoms with Crippen LogP contribution in [0, 0.1) is 11.7 Å². The zero-order valence-electron chi connectivity index (χ0n) is 15.8. The molecule has 1 saturated carbocycles. The molecule has 146 valence electrons. The van der Waals surface area contributed by atoms with E-state index in [-0.39, 0.29) is 35.6 Å². The van der Waals surface area contributed by atoms with Gasteiger partial charge in [0.05, 0.1) is 17.7 Å². The molecule has 3 aliphatic rings. The standard InChI is InChI=1S/C23H25FN2O2/c24-19-9-5-4-8-18(19)22(28)25-14-23(15-25)21(17-6-2-1-3-7-17)20(13-27)26(23)12-16-10-11-16/h1-9,16,20-21,27H,10-15H2/t20-,21+/m0/s1. The lowest BCUT2D eigenvalue weighted by Gasteiger charge is -2.71. The molecule has 0 unspecified atom stereocenters. The van der Waals surface area contributed by atoms with E-state index in [0.29, 0.717) is 19.0 Å². The average molecular weight is 380 g/mol. The molecule has 2 aromatic rings. The largest absolute Gasteiger partial charge is 0.395 e. The molecular formula is C23H25FN2O2. The molecule has 5 rings (SSSR count). The van der Waals surface area contributed by atoms with Crippen LogP contribution >= 0.6 is 0 Å². The first-order valence-electron chi connectivity index (χ1n) is 10.1. The third kappa shape index (κ3) is 2.68. The van der Waals surface area contributed by atoms with E-state index in [9.17, 15) is 14.3 Å². The summed E-state index contributed by atoms with van der Waals surface area (Å²) in [6, 6.07) is 16.6. The normalized spacial score (nSPS) is 26.0. The Morgan fingerprint density at radius 1 is 1.07 bits per heavy atom. The molecule has 3 fully saturated rings. The highest BCUT2D eigenvalue weighted by Gasteiger charge is 2.66. The minimum Gasteiger partial charge on any atom is -0.395 e. The summed E-state index contributed by atoms with van der Waals surface area (Å²) in [7, 11) is 0. The predicted octanol–water partition coefficient (Wildman–Crippen LogP) is 2.89. The van der Waals surface area contributed by atoms with Crippen LogP contribution < -0.4 is 0 Å². The van der Waals surface area contributed by atoms with Gasteiger partial charge in [0, 0.05) is 31.6 Å². The molecule has 0 bridgehead atoms. The van der Waals surface area contributed by atoms with E-state index in [1.165, 1.54) is 24.5 Å². The van der Waals surface area contributed by atoms with E-state index in [4.69, 9.17) is 0 Å². The Bertz CT molecular complexity index is 877. The van der Waals surface area contributed by atoms with Crippen LogP contribution in [0.5, 0.6) is 0 Å². The number of benzene rings is 2. The molecule has 5 heteroatoms. The molecule has 2 aromatic carbocycles. The van der Waals surface area contributed by atoms with Crippen molar-refractivity contribution in [2.45, 2.75) is 30.3 Å². The van der Waals surface area contributed by atoms with Gasteiger partial charge in [-0.1, -0.05) is 42.5 Å². The first-order chi connectivity index (χ1) is 13.6. The van der Waals surface area contributed by atoms with Crippen molar-refractivity contribution >= 4 is 5.91 Å². The molecule has 4 nitrogen and oxygen atoms in total. The molecule has 28 heavy (non-hydrogen) atoms. The van der Waals surface area contributed by atoms with Gasteiger partial charge in [0.15, 0.2) is 0 Å². The van der Waals surface area contributed by atoms with Gasteiger partial charge in [0.2, 0.25) is 0 Å². The summed E-state index contributed by atoms with van der Waals surface area (Å²) in [5.74, 6) is 0.195. The Morgan fingerprint density at radius 2 is 1.75 bits per heavy atom. The number of nitrogens with zero attached hydrogens (tertiary/aromatic N) is 2. The number of aliphatic hydroxyl groups excluding tert-OH is 1. The second kappa shape index (κ2) is 6.68. The number of carbonyl (C=O) groups is 1. The summed E-state index contributed by atoms with van der Waals surface area (Å²) in [5.41, 5.74) is 1.21. The Balaban J connectivity index is 1.41. The maximum Gasteiger partial charge on any atom is 0.256 e. The zero-order valence-corrected chi connectivity index (χ0v) is 15.8. The molecule has 1 N–H and O–H groups in total. The number of aliphatic hydroxyl groups is 1. The van der Waals surface area contributed by atoms with Crippen LogP contribution in [0.15, 0.2) is 54.6 Å². The van der Waals surface area contributed by atoms with E-state index >= 15 is 0 Å². The fourth-order valence-corrected chi connectivity index (χ4v) is 5.20. The number of amides is 1. The topological polar surface area (TPSA) is 43.8 Å². The third-order valence-electron chi connectivity index (χ3n) is 6.75. The second-order valence-corrected chi connectivity index (χ2v) is 8.48. The molecule has 1 aliphatic carbocycles. The molecule has 2 saturated heterocycles. The maximum absolute atomic E-state index is 14.1. The van der Waals surface area contributed by atoms with Gasteiger partial charge in [0.1, 0.15) is 5.82 Å². The van der Waals surface area contributed by atoms with Crippen LogP contribution in [-0.4, -0.2) is 58.6 Å². The van der Waals surface area contributed by atoms with Crippen molar-refractivity contribution in [1.82, 2.24) is 9.80 Å². The van der Waals surface area contributed by atoms with E-state index in [0.717, 1.165) is 6.54 Å². The monoisotopic (exact) mass is 380 g/mol. The fourth-order valence-electron chi connectivity index (χ4n) is 5.20. The van der Waals surface area contributed by atoms with Gasteiger partial charge >= 0.3 is 0 Å². The number of halogens is 1. The van der Waals surface area contributed by atoms with Crippen molar-refractivity contribution in [2.75, 3.05) is 26.2 Å². The first kappa shape index (κ1) is 17.8. The highest BCUT2D eigenvalue weighted by Crippen LogP contribution is 2.55. The summed E-state index contributed by atoms with van der Waals surface area (Å²) >= 11 is 0. The summed E-state index contributed by atoms with van der Waals surface area (Å²) in [6.45, 7) is 2.28. The molecule has 2 heterocycles. The zero-order chi connectivity index (χ0) is 19.3. The molecular weight excluding hydrogens is 355 g/mol. The van der Waals surface area contributed by atoms with Crippen LogP contribution in [-0.2, 0) is 0 Å². The van der Waals surface area contributed by atoms with E-state index in [1.54, 1.807) is 23.1 Å². The van der Waals surface area contributed by atoms with Gasteiger partial charge in [-0.2, -0.15) is 0 Å². The van der Waals surface area contributed by atoms with Crippen molar-refractivity contribution < 1.29 is 14.3 Å². The molecule has 2 atom stereocenters. The fraction of sp³-hybridized carbons (Fsp3) is 0.435. The first-order valence-corrected chi connectivity index (χ1v) is 10.1. The maximum atomic E-state index is 14.1. The highest BCUT2D eigenvalue weighted by atomic mass is 19.1. The van der Waals surface area contributed by atoms with Gasteiger partial charge in [-0.3, -0.25) is 9.69 Å². The third-order valence-corrected chi connectivity index (χ3v) is 6.75. The summed E-state index contributed by atoms with van der Waals surface area (Å²) in [5, 5.41) is 10.1. The van der Waals surface area contributed by atoms with Gasteiger partial charge in [0.25, 0.3) is 5.91 Å². The lowest BCUT2D eigenvalue weighted by Crippen LogP contribution is -2.85. The Hall–Kier alpha value is -2.24. The number of hydrogen-bond acceptors (Lipinski definition) is 3. The molecule has 0 radical (unpaired) electrons. The summed E-state index contributed by atoms with van der Waals surface area (Å²) in [4.78, 5) is 17.0. The van der Waals surface area contributed by atoms with Crippen LogP contribution in [0.4, 0.5) is 4.39 Å². The summed E-state index contributed by atoms with van der Waals surface area (Å²) in [6.07, 6.45) is 2.50. The SMILES string of the molecule is O=C(c1ccccc1F)N1CC2(C1)[C@H](c1ccccc1)[C@H](CO)N2CC1CC1. The average Bonchev–Trinajstić information content (AvgIpc) is 3.49. The van der Waals surface area contributed by atoms with Gasteiger partial charge in [-0.25, -0.2) is 4.39 Å². The van der Waals surface area contributed by atoms with Gasteiger partial charge in [-0.15, -0.1) is 0 Å². The Kier molecular flexibility index (Phi) is 4.25. The van der Waals surface area contributed by atoms with Crippen molar-refractivity contribution in [3.05, 3.63) is 71.5 Å². The van der Waals surface area contributed by atoms with E-state index < -0.39 is 5.82 Å². The molecule has 0 aromatic heterocycles. The predicted molar refractivity (Wildman–Crippen MR) is 105 cm³/mol. The number of hydrogen-bond donors (Lipinski definition) is 1. The second-order valence-electron chi connectivity index (χ2n) is 8.48. The van der Waals surface area contributed by atoms with Crippen LogP contribution in [0.25, 0.3) is 0 Å². The quantitative estimate of drug-likeness (QED) is 0.868. The van der Waals surface area contributed by atoms with Crippen LogP contribution in [0.1, 0.15) is 34.7 Å². The number of rotatable bonds is 5. The minimum atomic E-state index is -0.468. The Labute approximate surface area is 164 Å². The lowest BCUT2D eigenvalue weighted by molar-refractivity contribution is -0.180. The molecule has 2 aliphatic heterocycles. The number of carbonyl (C=O) groups excluding carboxylic acids is 1. The summed E-state index contributed by atoms with van der Waals surface area (Å²) < 4.78 is 14.1. The van der Waals surface area contributed by atoms with Crippen molar-refractivity contribution in [1.29, 1.82) is 0 Å². The van der Waals surface area contributed by atoms with Crippen molar-refractivity contribution in [3.8, 4) is 0 Å². The van der Waals surface area contributed by atoms with Gasteiger partial charge in [-0.05, 0) is 36.5 Å². The lowest BCUT2D eigenvalue weighted by atomic mass is 9.60. The molecule has 1 spiro atoms. The van der Waals surface area contributed by atoms with Crippen LogP contribution in [0.2, 0.25) is 0 Å². The van der Waals surface area contributed by atoms with E-state index in [2.05, 4.69) is 17.0 Å².